The summed E-state index contributed by atoms with van der Waals surface area (Å²) in [4.78, 5) is 14.0. The number of halogens is 1. The van der Waals surface area contributed by atoms with E-state index in [0.29, 0.717) is 11.7 Å². The Morgan fingerprint density at radius 2 is 2.25 bits per heavy atom. The summed E-state index contributed by atoms with van der Waals surface area (Å²) in [5, 5.41) is 2.71. The molecule has 0 bridgehead atoms. The number of benzene rings is 1. The van der Waals surface area contributed by atoms with Crippen LogP contribution in [0.3, 0.4) is 0 Å². The van der Waals surface area contributed by atoms with Crippen molar-refractivity contribution in [2.75, 3.05) is 36.7 Å². The number of nitrogen functional groups attached to an aromatic ring is 1. The number of amides is 1. The molecule has 20 heavy (non-hydrogen) atoms. The SMILES string of the molecule is CCC(CSC)N(C)CC(=O)Nc1ccc(F)cc1N. The normalized spacial score (nSPS) is 12.4. The number of thioether (sulfide) groups is 1. The first-order valence-corrected chi connectivity index (χ1v) is 7.91. The van der Waals surface area contributed by atoms with Crippen molar-refractivity contribution < 1.29 is 9.18 Å². The minimum absolute atomic E-state index is 0.148. The highest BCUT2D eigenvalue weighted by molar-refractivity contribution is 7.98. The minimum atomic E-state index is -0.413. The fourth-order valence-electron chi connectivity index (χ4n) is 1.94. The Hall–Kier alpha value is -1.27. The third-order valence-electron chi connectivity index (χ3n) is 3.13. The molecular weight excluding hydrogens is 277 g/mol. The molecule has 0 fully saturated rings. The first-order valence-electron chi connectivity index (χ1n) is 6.52. The Morgan fingerprint density at radius 3 is 2.80 bits per heavy atom. The van der Waals surface area contributed by atoms with E-state index in [-0.39, 0.29) is 18.1 Å². The second-order valence-electron chi connectivity index (χ2n) is 4.71. The average molecular weight is 299 g/mol. The highest BCUT2D eigenvalue weighted by Crippen LogP contribution is 2.19. The summed E-state index contributed by atoms with van der Waals surface area (Å²) in [6.07, 6.45) is 3.04. The molecule has 6 heteroatoms. The lowest BCUT2D eigenvalue weighted by Crippen LogP contribution is -2.39. The molecule has 1 unspecified atom stereocenters. The third kappa shape index (κ3) is 5.02. The van der Waals surface area contributed by atoms with Crippen LogP contribution in [0.5, 0.6) is 0 Å². The summed E-state index contributed by atoms with van der Waals surface area (Å²) in [6, 6.07) is 4.31. The van der Waals surface area contributed by atoms with Crippen LogP contribution in [0.1, 0.15) is 13.3 Å². The molecule has 0 radical (unpaired) electrons. The van der Waals surface area contributed by atoms with Crippen molar-refractivity contribution >= 4 is 29.0 Å². The average Bonchev–Trinajstić information content (AvgIpc) is 2.39. The molecule has 0 saturated carbocycles. The van der Waals surface area contributed by atoms with Crippen molar-refractivity contribution in [3.05, 3.63) is 24.0 Å². The maximum Gasteiger partial charge on any atom is 0.238 e. The smallest absolute Gasteiger partial charge is 0.238 e. The number of anilines is 2. The number of nitrogens with zero attached hydrogens (tertiary/aromatic N) is 1. The van der Waals surface area contributed by atoms with Crippen LogP contribution in [0, 0.1) is 5.82 Å². The molecule has 1 rings (SSSR count). The Kier molecular flexibility index (Phi) is 6.81. The van der Waals surface area contributed by atoms with Crippen LogP contribution in [0.25, 0.3) is 0 Å². The van der Waals surface area contributed by atoms with E-state index in [2.05, 4.69) is 18.5 Å². The van der Waals surface area contributed by atoms with Crippen molar-refractivity contribution in [1.82, 2.24) is 4.90 Å². The number of nitrogens with one attached hydrogen (secondary N) is 1. The van der Waals surface area contributed by atoms with Gasteiger partial charge in [-0.15, -0.1) is 0 Å². The molecule has 112 valence electrons. The Morgan fingerprint density at radius 1 is 1.55 bits per heavy atom. The molecule has 1 amide bonds. The lowest BCUT2D eigenvalue weighted by Gasteiger charge is -2.25. The third-order valence-corrected chi connectivity index (χ3v) is 3.85. The van der Waals surface area contributed by atoms with Crippen molar-refractivity contribution in [2.45, 2.75) is 19.4 Å². The van der Waals surface area contributed by atoms with Crippen LogP contribution in [0.4, 0.5) is 15.8 Å². The zero-order valence-electron chi connectivity index (χ0n) is 12.1. The number of hydrogen-bond donors (Lipinski definition) is 2. The van der Waals surface area contributed by atoms with Gasteiger partial charge in [0, 0.05) is 11.8 Å². The summed E-state index contributed by atoms with van der Waals surface area (Å²) >= 11 is 1.76. The number of rotatable bonds is 7. The minimum Gasteiger partial charge on any atom is -0.397 e. The summed E-state index contributed by atoms with van der Waals surface area (Å²) in [5.74, 6) is 0.424. The van der Waals surface area contributed by atoms with Gasteiger partial charge in [0.15, 0.2) is 0 Å². The molecule has 0 heterocycles. The predicted molar refractivity (Wildman–Crippen MR) is 84.5 cm³/mol. The highest BCUT2D eigenvalue weighted by Gasteiger charge is 2.15. The lowest BCUT2D eigenvalue weighted by molar-refractivity contribution is -0.117. The molecule has 0 aliphatic heterocycles. The Bertz CT molecular complexity index is 456. The number of nitrogens with two attached hydrogens (primary N) is 1. The first kappa shape index (κ1) is 16.8. The van der Waals surface area contributed by atoms with Crippen LogP contribution >= 0.6 is 11.8 Å². The van der Waals surface area contributed by atoms with E-state index in [1.807, 2.05) is 11.9 Å². The van der Waals surface area contributed by atoms with Gasteiger partial charge in [-0.25, -0.2) is 4.39 Å². The number of hydrogen-bond acceptors (Lipinski definition) is 4. The summed E-state index contributed by atoms with van der Waals surface area (Å²) in [6.45, 7) is 2.39. The molecule has 3 N–H and O–H groups in total. The zero-order chi connectivity index (χ0) is 15.1. The van der Waals surface area contributed by atoms with E-state index >= 15 is 0 Å². The number of carbonyl (C=O) groups is 1. The van der Waals surface area contributed by atoms with Gasteiger partial charge in [-0.05, 0) is 37.9 Å². The van der Waals surface area contributed by atoms with Crippen LogP contribution < -0.4 is 11.1 Å². The van der Waals surface area contributed by atoms with Gasteiger partial charge in [0.2, 0.25) is 5.91 Å². The first-order chi connectivity index (χ1) is 9.47. The molecule has 0 aliphatic carbocycles. The van der Waals surface area contributed by atoms with Gasteiger partial charge in [-0.3, -0.25) is 9.69 Å². The van der Waals surface area contributed by atoms with Gasteiger partial charge in [-0.2, -0.15) is 11.8 Å². The summed E-state index contributed by atoms with van der Waals surface area (Å²) in [5.41, 5.74) is 6.34. The molecule has 0 spiro atoms. The summed E-state index contributed by atoms with van der Waals surface area (Å²) in [7, 11) is 1.93. The standard InChI is InChI=1S/C14H22FN3OS/c1-4-11(9-20-3)18(2)8-14(19)17-13-6-5-10(15)7-12(13)16/h5-7,11H,4,8-9,16H2,1-3H3,(H,17,19). The molecule has 1 aromatic rings. The molecule has 0 aliphatic rings. The second kappa shape index (κ2) is 8.11. The Labute approximate surface area is 123 Å². The van der Waals surface area contributed by atoms with Crippen molar-refractivity contribution in [1.29, 1.82) is 0 Å². The van der Waals surface area contributed by atoms with E-state index in [1.54, 1.807) is 11.8 Å². The van der Waals surface area contributed by atoms with E-state index in [4.69, 9.17) is 5.73 Å². The van der Waals surface area contributed by atoms with E-state index in [1.165, 1.54) is 18.2 Å². The van der Waals surface area contributed by atoms with Crippen LogP contribution in [-0.4, -0.2) is 42.4 Å². The highest BCUT2D eigenvalue weighted by atomic mass is 32.2. The molecule has 1 atom stereocenters. The molecule has 0 saturated heterocycles. The van der Waals surface area contributed by atoms with Gasteiger partial charge in [-0.1, -0.05) is 6.92 Å². The number of carbonyl (C=O) groups excluding carboxylic acids is 1. The molecule has 4 nitrogen and oxygen atoms in total. The maximum absolute atomic E-state index is 12.9. The van der Waals surface area contributed by atoms with Crippen molar-refractivity contribution in [3.8, 4) is 0 Å². The largest absolute Gasteiger partial charge is 0.397 e. The fourth-order valence-corrected chi connectivity index (χ4v) is 2.82. The topological polar surface area (TPSA) is 58.4 Å². The molecular formula is C14H22FN3OS. The van der Waals surface area contributed by atoms with E-state index in [0.717, 1.165) is 12.2 Å². The van der Waals surface area contributed by atoms with Gasteiger partial charge < -0.3 is 11.1 Å². The lowest BCUT2D eigenvalue weighted by atomic mass is 10.2. The van der Waals surface area contributed by atoms with Crippen molar-refractivity contribution in [2.24, 2.45) is 0 Å². The van der Waals surface area contributed by atoms with Gasteiger partial charge in [0.25, 0.3) is 0 Å². The zero-order valence-corrected chi connectivity index (χ0v) is 13.0. The molecule has 0 aromatic heterocycles. The Balaban J connectivity index is 2.58. The van der Waals surface area contributed by atoms with Gasteiger partial charge in [0.1, 0.15) is 5.82 Å². The van der Waals surface area contributed by atoms with E-state index < -0.39 is 5.82 Å². The monoisotopic (exact) mass is 299 g/mol. The number of likely N-dealkylation sites (N-methyl/N-ethyl adjacent to an activating group) is 1. The second-order valence-corrected chi connectivity index (χ2v) is 5.62. The maximum atomic E-state index is 12.9. The van der Waals surface area contributed by atoms with Crippen LogP contribution in [0.15, 0.2) is 18.2 Å². The molecule has 1 aromatic carbocycles. The van der Waals surface area contributed by atoms with Gasteiger partial charge >= 0.3 is 0 Å². The van der Waals surface area contributed by atoms with Crippen molar-refractivity contribution in [3.63, 3.8) is 0 Å². The summed E-state index contributed by atoms with van der Waals surface area (Å²) < 4.78 is 12.9. The predicted octanol–water partition coefficient (Wildman–Crippen LogP) is 2.42. The van der Waals surface area contributed by atoms with Gasteiger partial charge in [0.05, 0.1) is 17.9 Å². The van der Waals surface area contributed by atoms with E-state index in [9.17, 15) is 9.18 Å². The quantitative estimate of drug-likeness (QED) is 0.759. The fraction of sp³-hybridized carbons (Fsp3) is 0.500. The van der Waals surface area contributed by atoms with Crippen LogP contribution in [-0.2, 0) is 4.79 Å². The van der Waals surface area contributed by atoms with Crippen LogP contribution in [0.2, 0.25) is 0 Å².